The Bertz CT molecular complexity index is 1090. The lowest BCUT2D eigenvalue weighted by Gasteiger charge is -2.32. The zero-order valence-electron chi connectivity index (χ0n) is 16.2. The van der Waals surface area contributed by atoms with E-state index in [1.54, 1.807) is 6.07 Å². The molecule has 3 N–H and O–H groups in total. The Kier molecular flexibility index (Phi) is 5.74. The number of benzene rings is 2. The van der Waals surface area contributed by atoms with E-state index < -0.39 is 10.0 Å². The van der Waals surface area contributed by atoms with Gasteiger partial charge in [-0.05, 0) is 48.2 Å². The van der Waals surface area contributed by atoms with Crippen molar-refractivity contribution >= 4 is 21.4 Å². The van der Waals surface area contributed by atoms with Gasteiger partial charge in [-0.1, -0.05) is 42.5 Å². The van der Waals surface area contributed by atoms with Crippen LogP contribution in [0.3, 0.4) is 0 Å². The number of ether oxygens (including phenoxy) is 1. The maximum atomic E-state index is 12.5. The van der Waals surface area contributed by atoms with Crippen LogP contribution in [-0.2, 0) is 23.0 Å². The third-order valence-corrected chi connectivity index (χ3v) is 8.06. The van der Waals surface area contributed by atoms with Gasteiger partial charge in [-0.25, -0.2) is 13.1 Å². The quantitative estimate of drug-likeness (QED) is 0.629. The number of sulfonamides is 1. The number of fused-ring (bicyclic) bond motifs is 1. The van der Waals surface area contributed by atoms with E-state index in [1.807, 2.05) is 49.4 Å². The molecule has 3 aromatic rings. The van der Waals surface area contributed by atoms with E-state index in [2.05, 4.69) is 16.9 Å². The summed E-state index contributed by atoms with van der Waals surface area (Å²) in [6.45, 7) is 2.59. The summed E-state index contributed by atoms with van der Waals surface area (Å²) in [5.41, 5.74) is 9.52. The first-order valence-electron chi connectivity index (χ1n) is 9.53. The van der Waals surface area contributed by atoms with Gasteiger partial charge in [0.2, 0.25) is 10.0 Å². The Morgan fingerprint density at radius 3 is 2.62 bits per heavy atom. The van der Waals surface area contributed by atoms with Crippen LogP contribution in [0.15, 0.2) is 64.9 Å². The van der Waals surface area contributed by atoms with Crippen molar-refractivity contribution in [2.75, 3.05) is 6.61 Å². The molecule has 0 amide bonds. The van der Waals surface area contributed by atoms with Crippen LogP contribution in [0, 0.1) is 6.92 Å². The minimum Gasteiger partial charge on any atom is -0.492 e. The topological polar surface area (TPSA) is 81.4 Å². The van der Waals surface area contributed by atoms with E-state index in [1.165, 1.54) is 16.9 Å². The van der Waals surface area contributed by atoms with Gasteiger partial charge in [-0.15, -0.1) is 11.3 Å². The number of thiophene rings is 1. The second kappa shape index (κ2) is 8.28. The molecule has 0 fully saturated rings. The minimum absolute atomic E-state index is 0.108. The van der Waals surface area contributed by atoms with E-state index >= 15 is 0 Å². The van der Waals surface area contributed by atoms with E-state index in [-0.39, 0.29) is 18.5 Å². The fraction of sp³-hybridized carbons (Fsp3) is 0.273. The van der Waals surface area contributed by atoms with Crippen LogP contribution in [0.4, 0.5) is 0 Å². The standard InChI is InChI=1S/C22H24N2O3S2/c1-15-7-10-22(28-15)29(25,26)24-13-17-8-9-21-19(12-17)18(20(23)14-27-21)11-16-5-3-2-4-6-16/h2-10,12,18,20,24H,11,13-14,23H2,1H3. The highest BCUT2D eigenvalue weighted by Gasteiger charge is 2.29. The third-order valence-electron chi connectivity index (χ3n) is 5.17. The number of aryl methyl sites for hydroxylation is 1. The molecule has 0 aliphatic carbocycles. The van der Waals surface area contributed by atoms with Crippen LogP contribution in [0.25, 0.3) is 0 Å². The van der Waals surface area contributed by atoms with Crippen molar-refractivity contribution in [1.29, 1.82) is 0 Å². The van der Waals surface area contributed by atoms with Crippen LogP contribution < -0.4 is 15.2 Å². The predicted octanol–water partition coefficient (Wildman–Crippen LogP) is 3.58. The van der Waals surface area contributed by atoms with Crippen molar-refractivity contribution in [3.8, 4) is 5.75 Å². The Morgan fingerprint density at radius 1 is 1.10 bits per heavy atom. The summed E-state index contributed by atoms with van der Waals surface area (Å²) in [4.78, 5) is 0.967. The molecule has 5 nitrogen and oxygen atoms in total. The molecule has 0 spiro atoms. The van der Waals surface area contributed by atoms with Crippen LogP contribution in [0.2, 0.25) is 0 Å². The minimum atomic E-state index is -3.52. The third kappa shape index (κ3) is 4.53. The average Bonchev–Trinajstić information content (AvgIpc) is 3.17. The van der Waals surface area contributed by atoms with Gasteiger partial charge in [0.25, 0.3) is 0 Å². The molecule has 152 valence electrons. The van der Waals surface area contributed by atoms with Crippen LogP contribution >= 0.6 is 11.3 Å². The van der Waals surface area contributed by atoms with Gasteiger partial charge < -0.3 is 10.5 Å². The molecule has 1 aliphatic heterocycles. The first-order chi connectivity index (χ1) is 13.9. The summed E-state index contributed by atoms with van der Waals surface area (Å²) < 4.78 is 33.9. The molecule has 7 heteroatoms. The fourth-order valence-electron chi connectivity index (χ4n) is 3.60. The molecule has 2 aromatic carbocycles. The lowest BCUT2D eigenvalue weighted by atomic mass is 9.84. The Morgan fingerprint density at radius 2 is 1.90 bits per heavy atom. The van der Waals surface area contributed by atoms with Crippen LogP contribution in [-0.4, -0.2) is 21.1 Å². The highest BCUT2D eigenvalue weighted by atomic mass is 32.2. The highest BCUT2D eigenvalue weighted by Crippen LogP contribution is 2.36. The number of nitrogens with one attached hydrogen (secondary N) is 1. The van der Waals surface area contributed by atoms with Crippen LogP contribution in [0.1, 0.15) is 27.5 Å². The predicted molar refractivity (Wildman–Crippen MR) is 116 cm³/mol. The number of nitrogens with two attached hydrogens (primary N) is 1. The van der Waals surface area contributed by atoms with E-state index in [9.17, 15) is 8.42 Å². The van der Waals surface area contributed by atoms with Gasteiger partial charge >= 0.3 is 0 Å². The van der Waals surface area contributed by atoms with Gasteiger partial charge in [-0.3, -0.25) is 0 Å². The van der Waals surface area contributed by atoms with Gasteiger partial charge in [0.05, 0.1) is 0 Å². The van der Waals surface area contributed by atoms with E-state index in [0.29, 0.717) is 10.8 Å². The van der Waals surface area contributed by atoms with Crippen LogP contribution in [0.5, 0.6) is 5.75 Å². The molecule has 4 rings (SSSR count). The summed E-state index contributed by atoms with van der Waals surface area (Å²) >= 11 is 1.27. The van der Waals surface area contributed by atoms with E-state index in [0.717, 1.165) is 28.2 Å². The summed E-state index contributed by atoms with van der Waals surface area (Å²) in [5, 5.41) is 0. The summed E-state index contributed by atoms with van der Waals surface area (Å²) in [6, 6.07) is 19.4. The molecule has 2 atom stereocenters. The smallest absolute Gasteiger partial charge is 0.250 e. The van der Waals surface area contributed by atoms with Gasteiger partial charge in [0, 0.05) is 23.4 Å². The Balaban J connectivity index is 1.55. The van der Waals surface area contributed by atoms with Crippen molar-refractivity contribution in [1.82, 2.24) is 4.72 Å². The average molecular weight is 429 g/mol. The van der Waals surface area contributed by atoms with Gasteiger partial charge in [0.1, 0.15) is 16.6 Å². The van der Waals surface area contributed by atoms with Crippen molar-refractivity contribution in [2.24, 2.45) is 5.73 Å². The Labute approximate surface area is 175 Å². The maximum absolute atomic E-state index is 12.5. The highest BCUT2D eigenvalue weighted by molar-refractivity contribution is 7.91. The number of hydrogen-bond acceptors (Lipinski definition) is 5. The largest absolute Gasteiger partial charge is 0.492 e. The van der Waals surface area contributed by atoms with E-state index in [4.69, 9.17) is 10.5 Å². The first kappa shape index (κ1) is 20.1. The number of hydrogen-bond donors (Lipinski definition) is 2. The van der Waals surface area contributed by atoms with Crippen molar-refractivity contribution in [3.05, 3.63) is 82.2 Å². The number of rotatable bonds is 6. The second-order valence-corrected chi connectivity index (χ2v) is 10.6. The summed E-state index contributed by atoms with van der Waals surface area (Å²) in [5.74, 6) is 0.950. The molecule has 0 bridgehead atoms. The summed E-state index contributed by atoms with van der Waals surface area (Å²) in [6.07, 6.45) is 0.821. The van der Waals surface area contributed by atoms with Gasteiger partial charge in [0.15, 0.2) is 0 Å². The normalized spacial score (nSPS) is 18.8. The lowest BCUT2D eigenvalue weighted by Crippen LogP contribution is -2.39. The fourth-order valence-corrected chi connectivity index (χ4v) is 5.94. The maximum Gasteiger partial charge on any atom is 0.250 e. The molecular weight excluding hydrogens is 404 g/mol. The monoisotopic (exact) mass is 428 g/mol. The molecule has 0 saturated carbocycles. The molecule has 0 radical (unpaired) electrons. The zero-order chi connectivity index (χ0) is 20.4. The lowest BCUT2D eigenvalue weighted by molar-refractivity contribution is 0.238. The molecule has 1 aliphatic rings. The van der Waals surface area contributed by atoms with Crippen molar-refractivity contribution < 1.29 is 13.2 Å². The van der Waals surface area contributed by atoms with Crippen molar-refractivity contribution in [3.63, 3.8) is 0 Å². The summed E-state index contributed by atoms with van der Waals surface area (Å²) in [7, 11) is -3.52. The second-order valence-electron chi connectivity index (χ2n) is 7.33. The molecule has 2 heterocycles. The van der Waals surface area contributed by atoms with Crippen molar-refractivity contribution in [2.45, 2.75) is 36.1 Å². The SMILES string of the molecule is Cc1ccc(S(=O)(=O)NCc2ccc3c(c2)C(Cc2ccccc2)C(N)CO3)s1. The Hall–Kier alpha value is -2.19. The molecule has 1 aromatic heterocycles. The molecule has 2 unspecified atom stereocenters. The first-order valence-corrected chi connectivity index (χ1v) is 11.8. The molecule has 0 saturated heterocycles. The zero-order valence-corrected chi connectivity index (χ0v) is 17.8. The molecule has 29 heavy (non-hydrogen) atoms. The van der Waals surface area contributed by atoms with Gasteiger partial charge in [-0.2, -0.15) is 0 Å². The molecular formula is C22H24N2O3S2.